The van der Waals surface area contributed by atoms with E-state index in [-0.39, 0.29) is 5.91 Å². The van der Waals surface area contributed by atoms with Crippen LogP contribution in [0.1, 0.15) is 16.1 Å². The number of hydrogen-bond donors (Lipinski definition) is 2. The number of carbonyl (C=O) groups is 1. The van der Waals surface area contributed by atoms with Gasteiger partial charge in [0.1, 0.15) is 29.5 Å². The molecule has 0 bridgehead atoms. The summed E-state index contributed by atoms with van der Waals surface area (Å²) in [5.41, 5.74) is 4.37. The van der Waals surface area contributed by atoms with Crippen molar-refractivity contribution in [2.75, 3.05) is 20.8 Å². The van der Waals surface area contributed by atoms with E-state index >= 15 is 0 Å². The molecule has 3 rings (SSSR count). The molecule has 144 valence electrons. The Labute approximate surface area is 162 Å². The van der Waals surface area contributed by atoms with E-state index < -0.39 is 0 Å². The number of aromatic amines is 1. The molecule has 1 amide bonds. The van der Waals surface area contributed by atoms with Crippen molar-refractivity contribution in [2.24, 2.45) is 5.10 Å². The first-order chi connectivity index (χ1) is 13.7. The summed E-state index contributed by atoms with van der Waals surface area (Å²) in [6.45, 7) is 4.05. The summed E-state index contributed by atoms with van der Waals surface area (Å²) in [5.74, 6) is 1.63. The maximum atomic E-state index is 12.4. The molecule has 0 aliphatic heterocycles. The summed E-state index contributed by atoms with van der Waals surface area (Å²) >= 11 is 0. The molecule has 0 saturated carbocycles. The van der Waals surface area contributed by atoms with E-state index in [1.165, 1.54) is 0 Å². The van der Waals surface area contributed by atoms with Gasteiger partial charge in [-0.05, 0) is 48.0 Å². The van der Waals surface area contributed by atoms with Crippen molar-refractivity contribution in [2.45, 2.75) is 0 Å². The zero-order chi connectivity index (χ0) is 19.9. The first-order valence-electron chi connectivity index (χ1n) is 8.57. The van der Waals surface area contributed by atoms with Gasteiger partial charge in [-0.1, -0.05) is 12.7 Å². The van der Waals surface area contributed by atoms with Gasteiger partial charge < -0.3 is 19.2 Å². The fraction of sp³-hybridized carbons (Fsp3) is 0.143. The van der Waals surface area contributed by atoms with Crippen LogP contribution in [0.25, 0.3) is 10.9 Å². The number of ether oxygens (including phenoxy) is 3. The van der Waals surface area contributed by atoms with Crippen molar-refractivity contribution in [3.05, 3.63) is 66.4 Å². The highest BCUT2D eigenvalue weighted by Crippen LogP contribution is 2.33. The Morgan fingerprint density at radius 3 is 2.54 bits per heavy atom. The second kappa shape index (κ2) is 8.77. The number of benzene rings is 2. The topological polar surface area (TPSA) is 84.9 Å². The quantitative estimate of drug-likeness (QED) is 0.356. The highest BCUT2D eigenvalue weighted by atomic mass is 16.5. The van der Waals surface area contributed by atoms with Gasteiger partial charge >= 0.3 is 0 Å². The number of methoxy groups -OCH3 is 2. The predicted molar refractivity (Wildman–Crippen MR) is 109 cm³/mol. The average Bonchev–Trinajstić information content (AvgIpc) is 3.18. The summed E-state index contributed by atoms with van der Waals surface area (Å²) in [4.78, 5) is 15.5. The maximum Gasteiger partial charge on any atom is 0.287 e. The molecular formula is C21H21N3O4. The molecule has 7 nitrogen and oxygen atoms in total. The Hall–Kier alpha value is -3.74. The molecule has 3 aromatic rings. The molecule has 0 atom stereocenters. The molecule has 1 aromatic heterocycles. The Morgan fingerprint density at radius 1 is 1.14 bits per heavy atom. The van der Waals surface area contributed by atoms with Crippen LogP contribution < -0.4 is 19.6 Å². The van der Waals surface area contributed by atoms with E-state index in [0.717, 1.165) is 16.7 Å². The molecule has 7 heteroatoms. The summed E-state index contributed by atoms with van der Waals surface area (Å²) in [7, 11) is 3.14. The first-order valence-corrected chi connectivity index (χ1v) is 8.57. The standard InChI is InChI=1S/C21H21N3O4/c1-4-11-28-15-7-5-14(6-8-15)13-22-24-21(25)17-12-16-18(26-2)9-10-19(27-3)20(16)23-17/h4-10,12-13,23H,1,11H2,2-3H3,(H,24,25)/b22-13-. The Balaban J connectivity index is 1.71. The minimum absolute atomic E-state index is 0.350. The molecule has 0 unspecified atom stereocenters. The second-order valence-electron chi connectivity index (χ2n) is 5.81. The summed E-state index contributed by atoms with van der Waals surface area (Å²) in [6, 6.07) is 12.6. The lowest BCUT2D eigenvalue weighted by Gasteiger charge is -2.05. The van der Waals surface area contributed by atoms with E-state index in [4.69, 9.17) is 14.2 Å². The second-order valence-corrected chi connectivity index (χ2v) is 5.81. The number of aromatic nitrogens is 1. The molecule has 2 aromatic carbocycles. The minimum atomic E-state index is -0.373. The third-order valence-corrected chi connectivity index (χ3v) is 4.03. The highest BCUT2D eigenvalue weighted by molar-refractivity contribution is 6.01. The molecule has 0 saturated heterocycles. The summed E-state index contributed by atoms with van der Waals surface area (Å²) in [6.07, 6.45) is 3.24. The van der Waals surface area contributed by atoms with Crippen LogP contribution in [0.15, 0.2) is 60.2 Å². The zero-order valence-electron chi connectivity index (χ0n) is 15.7. The smallest absolute Gasteiger partial charge is 0.287 e. The summed E-state index contributed by atoms with van der Waals surface area (Å²) in [5, 5.41) is 4.76. The van der Waals surface area contributed by atoms with Gasteiger partial charge in [0.2, 0.25) is 0 Å². The number of fused-ring (bicyclic) bond motifs is 1. The SMILES string of the molecule is C=CCOc1ccc(/C=N\NC(=O)c2cc3c(OC)ccc(OC)c3[nH]2)cc1. The third kappa shape index (κ3) is 4.15. The van der Waals surface area contributed by atoms with Crippen LogP contribution in [0.4, 0.5) is 0 Å². The molecule has 0 spiro atoms. The van der Waals surface area contributed by atoms with Gasteiger partial charge in [-0.3, -0.25) is 4.79 Å². The van der Waals surface area contributed by atoms with Crippen LogP contribution in [0.2, 0.25) is 0 Å². The van der Waals surface area contributed by atoms with Crippen LogP contribution in [-0.4, -0.2) is 37.9 Å². The zero-order valence-corrected chi connectivity index (χ0v) is 15.7. The van der Waals surface area contributed by atoms with E-state index in [0.29, 0.717) is 29.3 Å². The van der Waals surface area contributed by atoms with Gasteiger partial charge in [0, 0.05) is 5.39 Å². The fourth-order valence-corrected chi connectivity index (χ4v) is 2.67. The monoisotopic (exact) mass is 379 g/mol. The van der Waals surface area contributed by atoms with Crippen LogP contribution in [-0.2, 0) is 0 Å². The molecule has 28 heavy (non-hydrogen) atoms. The van der Waals surface area contributed by atoms with Crippen molar-refractivity contribution in [3.63, 3.8) is 0 Å². The lowest BCUT2D eigenvalue weighted by Crippen LogP contribution is -2.17. The third-order valence-electron chi connectivity index (χ3n) is 4.03. The van der Waals surface area contributed by atoms with Crippen LogP contribution in [0, 0.1) is 0 Å². The molecule has 1 heterocycles. The summed E-state index contributed by atoms with van der Waals surface area (Å²) < 4.78 is 16.1. The molecule has 0 radical (unpaired) electrons. The molecular weight excluding hydrogens is 358 g/mol. The predicted octanol–water partition coefficient (Wildman–Crippen LogP) is 3.51. The van der Waals surface area contributed by atoms with Crippen molar-refractivity contribution < 1.29 is 19.0 Å². The van der Waals surface area contributed by atoms with Gasteiger partial charge in [-0.25, -0.2) is 5.43 Å². The van der Waals surface area contributed by atoms with E-state index in [1.54, 1.807) is 44.7 Å². The minimum Gasteiger partial charge on any atom is -0.496 e. The number of nitrogens with one attached hydrogen (secondary N) is 2. The Morgan fingerprint density at radius 2 is 1.86 bits per heavy atom. The molecule has 0 fully saturated rings. The number of nitrogens with zero attached hydrogens (tertiary/aromatic N) is 1. The fourth-order valence-electron chi connectivity index (χ4n) is 2.67. The van der Waals surface area contributed by atoms with Crippen LogP contribution >= 0.6 is 0 Å². The highest BCUT2D eigenvalue weighted by Gasteiger charge is 2.15. The number of hydrazone groups is 1. The number of H-pyrrole nitrogens is 1. The lowest BCUT2D eigenvalue weighted by atomic mass is 10.2. The van der Waals surface area contributed by atoms with Gasteiger partial charge in [-0.2, -0.15) is 5.10 Å². The van der Waals surface area contributed by atoms with Crippen molar-refractivity contribution >= 4 is 23.0 Å². The largest absolute Gasteiger partial charge is 0.496 e. The van der Waals surface area contributed by atoms with Crippen molar-refractivity contribution in [3.8, 4) is 17.2 Å². The molecule has 0 aliphatic rings. The van der Waals surface area contributed by atoms with E-state index in [9.17, 15) is 4.79 Å². The lowest BCUT2D eigenvalue weighted by molar-refractivity contribution is 0.0951. The van der Waals surface area contributed by atoms with Crippen LogP contribution in [0.3, 0.4) is 0 Å². The van der Waals surface area contributed by atoms with Crippen molar-refractivity contribution in [1.29, 1.82) is 0 Å². The number of amides is 1. The Kier molecular flexibility index (Phi) is 5.96. The molecule has 0 aliphatic carbocycles. The normalized spacial score (nSPS) is 10.8. The van der Waals surface area contributed by atoms with Gasteiger partial charge in [0.25, 0.3) is 5.91 Å². The maximum absolute atomic E-state index is 12.4. The Bertz CT molecular complexity index is 965. The number of hydrogen-bond acceptors (Lipinski definition) is 5. The van der Waals surface area contributed by atoms with Crippen LogP contribution in [0.5, 0.6) is 17.2 Å². The van der Waals surface area contributed by atoms with E-state index in [2.05, 4.69) is 22.1 Å². The number of rotatable bonds is 8. The number of carbonyl (C=O) groups excluding carboxylic acids is 1. The van der Waals surface area contributed by atoms with E-state index in [1.807, 2.05) is 24.3 Å². The molecule has 2 N–H and O–H groups in total. The van der Waals surface area contributed by atoms with Gasteiger partial charge in [0.15, 0.2) is 0 Å². The average molecular weight is 379 g/mol. The first kappa shape index (κ1) is 19.0. The van der Waals surface area contributed by atoms with Gasteiger partial charge in [-0.15, -0.1) is 0 Å². The van der Waals surface area contributed by atoms with Crippen molar-refractivity contribution in [1.82, 2.24) is 10.4 Å². The van der Waals surface area contributed by atoms with Gasteiger partial charge in [0.05, 0.1) is 26.0 Å².